The quantitative estimate of drug-likeness (QED) is 0.867. The second kappa shape index (κ2) is 6.72. The molecule has 23 heavy (non-hydrogen) atoms. The smallest absolute Gasteiger partial charge is 0.257 e. The van der Waals surface area contributed by atoms with Gasteiger partial charge in [-0.15, -0.1) is 0 Å². The van der Waals surface area contributed by atoms with E-state index in [2.05, 4.69) is 18.9 Å². The van der Waals surface area contributed by atoms with Gasteiger partial charge >= 0.3 is 0 Å². The molecule has 1 fully saturated rings. The van der Waals surface area contributed by atoms with Crippen LogP contribution in [-0.4, -0.2) is 46.9 Å². The third-order valence-electron chi connectivity index (χ3n) is 3.93. The maximum Gasteiger partial charge on any atom is 0.257 e. The summed E-state index contributed by atoms with van der Waals surface area (Å²) in [6.45, 7) is 6.55. The van der Waals surface area contributed by atoms with Crippen LogP contribution < -0.4 is 0 Å². The van der Waals surface area contributed by atoms with E-state index in [9.17, 15) is 4.79 Å². The number of morpholine rings is 1. The minimum absolute atomic E-state index is 0.0188. The summed E-state index contributed by atoms with van der Waals surface area (Å²) in [6, 6.07) is 7.49. The maximum absolute atomic E-state index is 12.8. The number of nitrogens with zero attached hydrogens (tertiary/aromatic N) is 3. The Hall–Kier alpha value is -1.85. The minimum atomic E-state index is 0.0188. The molecular formula is C17H20ClN3O2. The highest BCUT2D eigenvalue weighted by Crippen LogP contribution is 2.25. The van der Waals surface area contributed by atoms with Crippen molar-refractivity contribution in [2.75, 3.05) is 26.3 Å². The van der Waals surface area contributed by atoms with Crippen LogP contribution in [0.3, 0.4) is 0 Å². The summed E-state index contributed by atoms with van der Waals surface area (Å²) >= 11 is 6.09. The largest absolute Gasteiger partial charge is 0.378 e. The van der Waals surface area contributed by atoms with Crippen molar-refractivity contribution in [3.8, 4) is 5.69 Å². The normalized spacial score (nSPS) is 15.2. The number of benzene rings is 1. The van der Waals surface area contributed by atoms with E-state index in [0.717, 1.165) is 11.4 Å². The summed E-state index contributed by atoms with van der Waals surface area (Å²) in [5.74, 6) is 0.182. The van der Waals surface area contributed by atoms with Gasteiger partial charge in [-0.3, -0.25) is 4.79 Å². The molecule has 2 heterocycles. The number of hydrogen-bond acceptors (Lipinski definition) is 3. The van der Waals surface area contributed by atoms with Gasteiger partial charge in [-0.1, -0.05) is 31.5 Å². The van der Waals surface area contributed by atoms with E-state index < -0.39 is 0 Å². The van der Waals surface area contributed by atoms with E-state index in [-0.39, 0.29) is 11.8 Å². The zero-order chi connectivity index (χ0) is 16.4. The number of rotatable bonds is 3. The average molecular weight is 334 g/mol. The lowest BCUT2D eigenvalue weighted by atomic mass is 10.0. The van der Waals surface area contributed by atoms with Crippen molar-refractivity contribution in [3.63, 3.8) is 0 Å². The van der Waals surface area contributed by atoms with Gasteiger partial charge in [-0.25, -0.2) is 4.68 Å². The molecule has 1 aliphatic rings. The Labute approximate surface area is 140 Å². The Morgan fingerprint density at radius 1 is 1.30 bits per heavy atom. The molecule has 1 aromatic heterocycles. The highest BCUT2D eigenvalue weighted by molar-refractivity contribution is 6.30. The standard InChI is InChI=1S/C17H20ClN3O2/c1-12(2)16-15(17(22)20-6-8-23-9-7-20)11-19-21(16)14-5-3-4-13(18)10-14/h3-5,10-12H,6-9H2,1-2H3. The number of amides is 1. The highest BCUT2D eigenvalue weighted by atomic mass is 35.5. The average Bonchev–Trinajstić information content (AvgIpc) is 3.00. The van der Waals surface area contributed by atoms with Crippen LogP contribution in [0.15, 0.2) is 30.5 Å². The number of ether oxygens (including phenoxy) is 1. The van der Waals surface area contributed by atoms with Gasteiger partial charge in [0.25, 0.3) is 5.91 Å². The van der Waals surface area contributed by atoms with Crippen molar-refractivity contribution in [1.82, 2.24) is 14.7 Å². The van der Waals surface area contributed by atoms with Crippen LogP contribution in [0.1, 0.15) is 35.8 Å². The summed E-state index contributed by atoms with van der Waals surface area (Å²) in [6.07, 6.45) is 1.66. The molecule has 1 saturated heterocycles. The Morgan fingerprint density at radius 2 is 2.04 bits per heavy atom. The minimum Gasteiger partial charge on any atom is -0.378 e. The van der Waals surface area contributed by atoms with Crippen molar-refractivity contribution in [1.29, 1.82) is 0 Å². The fourth-order valence-electron chi connectivity index (χ4n) is 2.83. The summed E-state index contributed by atoms with van der Waals surface area (Å²) in [7, 11) is 0. The molecule has 0 bridgehead atoms. The van der Waals surface area contributed by atoms with Crippen molar-refractivity contribution >= 4 is 17.5 Å². The second-order valence-corrected chi connectivity index (χ2v) is 6.33. The van der Waals surface area contributed by atoms with Gasteiger partial charge in [0.05, 0.1) is 36.4 Å². The summed E-state index contributed by atoms with van der Waals surface area (Å²) < 4.78 is 7.13. The van der Waals surface area contributed by atoms with Gasteiger partial charge in [0.15, 0.2) is 0 Å². The molecule has 122 valence electrons. The van der Waals surface area contributed by atoms with Crippen LogP contribution in [-0.2, 0) is 4.74 Å². The number of hydrogen-bond donors (Lipinski definition) is 0. The molecule has 1 aromatic carbocycles. The van der Waals surface area contributed by atoms with Gasteiger partial charge in [0, 0.05) is 18.1 Å². The molecule has 3 rings (SSSR count). The second-order valence-electron chi connectivity index (χ2n) is 5.89. The van der Waals surface area contributed by atoms with Crippen molar-refractivity contribution in [2.24, 2.45) is 0 Å². The fourth-order valence-corrected chi connectivity index (χ4v) is 3.01. The third kappa shape index (κ3) is 3.26. The predicted molar refractivity (Wildman–Crippen MR) is 89.4 cm³/mol. The first-order chi connectivity index (χ1) is 11.1. The first-order valence-electron chi connectivity index (χ1n) is 7.79. The molecule has 0 unspecified atom stereocenters. The Morgan fingerprint density at radius 3 is 2.70 bits per heavy atom. The zero-order valence-corrected chi connectivity index (χ0v) is 14.1. The molecule has 0 saturated carbocycles. The van der Waals surface area contributed by atoms with Crippen LogP contribution in [0.4, 0.5) is 0 Å². The maximum atomic E-state index is 12.8. The van der Waals surface area contributed by atoms with E-state index in [1.54, 1.807) is 6.20 Å². The lowest BCUT2D eigenvalue weighted by Gasteiger charge is -2.27. The topological polar surface area (TPSA) is 47.4 Å². The zero-order valence-electron chi connectivity index (χ0n) is 13.3. The van der Waals surface area contributed by atoms with Crippen LogP contribution in [0.5, 0.6) is 0 Å². The number of aromatic nitrogens is 2. The number of carbonyl (C=O) groups excluding carboxylic acids is 1. The van der Waals surface area contributed by atoms with Crippen LogP contribution >= 0.6 is 11.6 Å². The fraction of sp³-hybridized carbons (Fsp3) is 0.412. The summed E-state index contributed by atoms with van der Waals surface area (Å²) in [5, 5.41) is 5.09. The van der Waals surface area contributed by atoms with Gasteiger partial charge in [0.2, 0.25) is 0 Å². The lowest BCUT2D eigenvalue weighted by molar-refractivity contribution is 0.0302. The first-order valence-corrected chi connectivity index (χ1v) is 8.16. The van der Waals surface area contributed by atoms with Crippen molar-refractivity contribution in [3.05, 3.63) is 46.7 Å². The van der Waals surface area contributed by atoms with E-state index in [1.165, 1.54) is 0 Å². The molecule has 2 aromatic rings. The SMILES string of the molecule is CC(C)c1c(C(=O)N2CCOCC2)cnn1-c1cccc(Cl)c1. The number of halogens is 1. The molecule has 0 atom stereocenters. The molecule has 6 heteroatoms. The van der Waals surface area contributed by atoms with Crippen molar-refractivity contribution < 1.29 is 9.53 Å². The highest BCUT2D eigenvalue weighted by Gasteiger charge is 2.26. The van der Waals surface area contributed by atoms with Gasteiger partial charge < -0.3 is 9.64 Å². The van der Waals surface area contributed by atoms with E-state index >= 15 is 0 Å². The molecule has 0 aliphatic carbocycles. The molecule has 1 amide bonds. The Balaban J connectivity index is 2.00. The molecular weight excluding hydrogens is 314 g/mol. The predicted octanol–water partition coefficient (Wildman–Crippen LogP) is 3.12. The lowest BCUT2D eigenvalue weighted by Crippen LogP contribution is -2.41. The monoisotopic (exact) mass is 333 g/mol. The van der Waals surface area contributed by atoms with Crippen molar-refractivity contribution in [2.45, 2.75) is 19.8 Å². The summed E-state index contributed by atoms with van der Waals surface area (Å²) in [4.78, 5) is 14.7. The van der Waals surface area contributed by atoms with Gasteiger partial charge in [-0.2, -0.15) is 5.10 Å². The Bertz CT molecular complexity index is 706. The van der Waals surface area contributed by atoms with Crippen LogP contribution in [0, 0.1) is 0 Å². The molecule has 5 nitrogen and oxygen atoms in total. The van der Waals surface area contributed by atoms with E-state index in [4.69, 9.17) is 16.3 Å². The van der Waals surface area contributed by atoms with E-state index in [0.29, 0.717) is 36.9 Å². The van der Waals surface area contributed by atoms with Crippen LogP contribution in [0.2, 0.25) is 5.02 Å². The molecule has 0 spiro atoms. The van der Waals surface area contributed by atoms with Gasteiger partial charge in [-0.05, 0) is 24.1 Å². The summed E-state index contributed by atoms with van der Waals surface area (Å²) in [5.41, 5.74) is 2.42. The van der Waals surface area contributed by atoms with E-state index in [1.807, 2.05) is 33.8 Å². The molecule has 0 N–H and O–H groups in total. The number of carbonyl (C=O) groups is 1. The Kier molecular flexibility index (Phi) is 4.68. The molecule has 1 aliphatic heterocycles. The third-order valence-corrected chi connectivity index (χ3v) is 4.17. The van der Waals surface area contributed by atoms with Crippen LogP contribution in [0.25, 0.3) is 5.69 Å². The van der Waals surface area contributed by atoms with Gasteiger partial charge in [0.1, 0.15) is 0 Å². The first kappa shape index (κ1) is 16.0. The molecule has 0 radical (unpaired) electrons.